The minimum Gasteiger partial charge on any atom is -0.490 e. The number of rotatable bonds is 8. The van der Waals surface area contributed by atoms with Gasteiger partial charge in [0.05, 0.1) is 17.5 Å². The van der Waals surface area contributed by atoms with E-state index in [-0.39, 0.29) is 47.9 Å². The first-order valence-electron chi connectivity index (χ1n) is 15.1. The summed E-state index contributed by atoms with van der Waals surface area (Å²) < 4.78 is 56.2. The third kappa shape index (κ3) is 8.41. The highest BCUT2D eigenvalue weighted by Gasteiger charge is 2.42. The molecule has 14 heteroatoms. The average Bonchev–Trinajstić information content (AvgIpc) is 3.69. The highest BCUT2D eigenvalue weighted by atomic mass is 32.1. The van der Waals surface area contributed by atoms with Crippen molar-refractivity contribution in [2.75, 3.05) is 29.9 Å². The Morgan fingerprint density at radius 2 is 1.89 bits per heavy atom. The average molecular weight is 649 g/mol. The van der Waals surface area contributed by atoms with Crippen LogP contribution in [0.15, 0.2) is 36.0 Å². The fourth-order valence-electron chi connectivity index (χ4n) is 5.71. The molecule has 1 aliphatic carbocycles. The zero-order valence-corrected chi connectivity index (χ0v) is 26.4. The maximum Gasteiger partial charge on any atom is 0.422 e. The third-order valence-corrected chi connectivity index (χ3v) is 8.57. The molecule has 3 heterocycles. The van der Waals surface area contributed by atoms with E-state index in [0.29, 0.717) is 37.2 Å². The maximum atomic E-state index is 15.0. The second-order valence-electron chi connectivity index (χ2n) is 12.4. The van der Waals surface area contributed by atoms with E-state index >= 15 is 0 Å². The van der Waals surface area contributed by atoms with Crippen LogP contribution in [0.4, 0.5) is 29.3 Å². The van der Waals surface area contributed by atoms with Crippen molar-refractivity contribution < 1.29 is 32.2 Å². The van der Waals surface area contributed by atoms with Gasteiger partial charge in [0.25, 0.3) is 5.91 Å². The van der Waals surface area contributed by atoms with E-state index in [0.717, 1.165) is 18.4 Å². The largest absolute Gasteiger partial charge is 0.490 e. The number of hydrogen-bond donors (Lipinski definition) is 4. The molecule has 0 bridgehead atoms. The number of aromatic nitrogens is 1. The summed E-state index contributed by atoms with van der Waals surface area (Å²) in [6.07, 6.45) is 4.03. The van der Waals surface area contributed by atoms with Crippen molar-refractivity contribution >= 4 is 40.3 Å². The van der Waals surface area contributed by atoms with Gasteiger partial charge in [-0.25, -0.2) is 9.78 Å². The van der Waals surface area contributed by atoms with Gasteiger partial charge in [0.15, 0.2) is 0 Å². The first kappa shape index (κ1) is 32.5. The maximum absolute atomic E-state index is 15.0. The summed E-state index contributed by atoms with van der Waals surface area (Å²) in [4.78, 5) is 31.7. The van der Waals surface area contributed by atoms with Gasteiger partial charge in [-0.15, -0.1) is 11.3 Å². The fourth-order valence-corrected chi connectivity index (χ4v) is 6.51. The number of ether oxygens (including phenoxy) is 2. The Kier molecular flexibility index (Phi) is 9.80. The molecule has 0 radical (unpaired) electrons. The standard InChI is InChI=1S/C31H39F3N6O4S/c1-30(2,3)44-29(42)35-15-19-7-6-14-40(17-19)26-22(10-11-24(25(26)31(32,33)34)43-21-8-4-5-9-21)38-27(41)23-18-45-28(39-23)20-12-13-36-37-16-20/h10-13,16,18-19,21,36-37H,4-9,14-15,17H2,1-3H3,(H,35,42)(H,38,41)/t19-/m0/s1. The molecule has 244 valence electrons. The number of piperidine rings is 1. The summed E-state index contributed by atoms with van der Waals surface area (Å²) in [5.74, 6) is -1.01. The van der Waals surface area contributed by atoms with Gasteiger partial charge in [-0.05, 0) is 83.4 Å². The van der Waals surface area contributed by atoms with Crippen LogP contribution < -0.4 is 31.1 Å². The smallest absolute Gasteiger partial charge is 0.422 e. The lowest BCUT2D eigenvalue weighted by molar-refractivity contribution is -0.138. The van der Waals surface area contributed by atoms with Crippen LogP contribution >= 0.6 is 11.3 Å². The molecule has 2 aliphatic heterocycles. The number of benzene rings is 1. The molecule has 5 rings (SSSR count). The number of nitrogens with zero attached hydrogens (tertiary/aromatic N) is 2. The van der Waals surface area contributed by atoms with Crippen LogP contribution in [0.3, 0.4) is 0 Å². The molecule has 0 spiro atoms. The van der Waals surface area contributed by atoms with Gasteiger partial charge in [0, 0.05) is 43.0 Å². The van der Waals surface area contributed by atoms with E-state index in [1.165, 1.54) is 23.5 Å². The minimum absolute atomic E-state index is 0.0176. The number of thiazole rings is 1. The highest BCUT2D eigenvalue weighted by molar-refractivity contribution is 7.11. The molecule has 1 aromatic carbocycles. The number of amides is 2. The van der Waals surface area contributed by atoms with Gasteiger partial charge in [-0.2, -0.15) is 13.2 Å². The highest BCUT2D eigenvalue weighted by Crippen LogP contribution is 2.48. The number of halogens is 3. The van der Waals surface area contributed by atoms with Crippen LogP contribution in [0.1, 0.15) is 80.4 Å². The van der Waals surface area contributed by atoms with Gasteiger partial charge < -0.3 is 35.9 Å². The van der Waals surface area contributed by atoms with Gasteiger partial charge in [-0.1, -0.05) is 0 Å². The number of carbonyl (C=O) groups excluding carboxylic acids is 2. The number of alkyl halides is 3. The zero-order chi connectivity index (χ0) is 32.2. The summed E-state index contributed by atoms with van der Waals surface area (Å²) in [7, 11) is 0. The number of hydrazine groups is 1. The SMILES string of the molecule is CC(C)(C)OC(=O)NC[C@@H]1CCCN(c2c(NC(=O)c3csc(C4=CNNC=C4)n3)ccc(OC3CCCC3)c2C(F)(F)F)C1. The molecule has 0 unspecified atom stereocenters. The molecule has 1 saturated heterocycles. The van der Waals surface area contributed by atoms with Crippen LogP contribution in [0.25, 0.3) is 5.57 Å². The lowest BCUT2D eigenvalue weighted by Crippen LogP contribution is -2.43. The Balaban J connectivity index is 1.44. The molecule has 45 heavy (non-hydrogen) atoms. The van der Waals surface area contributed by atoms with Crippen molar-refractivity contribution in [3.05, 3.63) is 52.3 Å². The molecule has 1 saturated carbocycles. The van der Waals surface area contributed by atoms with Crippen LogP contribution in [-0.4, -0.2) is 48.3 Å². The van der Waals surface area contributed by atoms with Gasteiger partial charge in [-0.3, -0.25) is 4.79 Å². The van der Waals surface area contributed by atoms with Gasteiger partial charge in [0.2, 0.25) is 0 Å². The van der Waals surface area contributed by atoms with Crippen molar-refractivity contribution in [2.45, 2.75) is 77.2 Å². The minimum atomic E-state index is -4.76. The topological polar surface area (TPSA) is 117 Å². The second-order valence-corrected chi connectivity index (χ2v) is 13.3. The van der Waals surface area contributed by atoms with Crippen LogP contribution in [0.5, 0.6) is 5.75 Å². The molecule has 2 fully saturated rings. The molecule has 1 aromatic heterocycles. The Bertz CT molecular complexity index is 1450. The summed E-state index contributed by atoms with van der Waals surface area (Å²) in [6.45, 7) is 6.09. The monoisotopic (exact) mass is 648 g/mol. The predicted molar refractivity (Wildman–Crippen MR) is 167 cm³/mol. The van der Waals surface area contributed by atoms with E-state index in [1.807, 2.05) is 0 Å². The van der Waals surface area contributed by atoms with Crippen molar-refractivity contribution in [3.8, 4) is 5.75 Å². The molecular formula is C31H39F3N6O4S. The van der Waals surface area contributed by atoms with Crippen LogP contribution in [0.2, 0.25) is 0 Å². The Hall–Kier alpha value is -3.94. The Morgan fingerprint density at radius 1 is 1.11 bits per heavy atom. The van der Waals surface area contributed by atoms with E-state index < -0.39 is 29.3 Å². The normalized spacial score (nSPS) is 18.9. The molecule has 1 atom stereocenters. The first-order chi connectivity index (χ1) is 21.4. The van der Waals surface area contributed by atoms with Crippen molar-refractivity contribution in [1.82, 2.24) is 21.2 Å². The molecular weight excluding hydrogens is 609 g/mol. The van der Waals surface area contributed by atoms with Gasteiger partial charge >= 0.3 is 12.3 Å². The summed E-state index contributed by atoms with van der Waals surface area (Å²) >= 11 is 1.25. The lowest BCUT2D eigenvalue weighted by Gasteiger charge is -2.37. The van der Waals surface area contributed by atoms with Crippen LogP contribution in [-0.2, 0) is 10.9 Å². The van der Waals surface area contributed by atoms with E-state index in [4.69, 9.17) is 9.47 Å². The third-order valence-electron chi connectivity index (χ3n) is 7.68. The fraction of sp³-hybridized carbons (Fsp3) is 0.516. The van der Waals surface area contributed by atoms with Gasteiger partial charge in [0.1, 0.15) is 27.6 Å². The molecule has 2 amide bonds. The Labute approximate surface area is 264 Å². The summed E-state index contributed by atoms with van der Waals surface area (Å²) in [5, 5.41) is 7.62. The zero-order valence-electron chi connectivity index (χ0n) is 25.6. The quantitative estimate of drug-likeness (QED) is 0.259. The predicted octanol–water partition coefficient (Wildman–Crippen LogP) is 6.44. The van der Waals surface area contributed by atoms with Crippen molar-refractivity contribution in [2.24, 2.45) is 5.92 Å². The van der Waals surface area contributed by atoms with E-state index in [2.05, 4.69) is 26.5 Å². The summed E-state index contributed by atoms with van der Waals surface area (Å²) in [6, 6.07) is 2.78. The Morgan fingerprint density at radius 3 is 2.58 bits per heavy atom. The molecule has 10 nitrogen and oxygen atoms in total. The number of carbonyl (C=O) groups is 2. The number of allylic oxidation sites excluding steroid dienone is 2. The number of nitrogens with one attached hydrogen (secondary N) is 4. The summed E-state index contributed by atoms with van der Waals surface area (Å²) in [5.41, 5.74) is 4.79. The van der Waals surface area contributed by atoms with Crippen molar-refractivity contribution in [1.29, 1.82) is 0 Å². The van der Waals surface area contributed by atoms with E-state index in [1.54, 1.807) is 49.5 Å². The molecule has 3 aliphatic rings. The number of anilines is 2. The van der Waals surface area contributed by atoms with Crippen LogP contribution in [0, 0.1) is 5.92 Å². The number of hydrogen-bond acceptors (Lipinski definition) is 9. The second kappa shape index (κ2) is 13.6. The molecule has 2 aromatic rings. The molecule has 4 N–H and O–H groups in total. The van der Waals surface area contributed by atoms with Crippen molar-refractivity contribution in [3.63, 3.8) is 0 Å². The first-order valence-corrected chi connectivity index (χ1v) is 16.0. The van der Waals surface area contributed by atoms with E-state index in [9.17, 15) is 22.8 Å². The number of alkyl carbamates (subject to hydrolysis) is 1. The lowest BCUT2D eigenvalue weighted by atomic mass is 9.96.